The average Bonchev–Trinajstić information content (AvgIpc) is 2.77. The zero-order chi connectivity index (χ0) is 26.7. The van der Waals surface area contributed by atoms with Crippen LogP contribution in [0.3, 0.4) is 0 Å². The number of carboxylic acid groups (broad SMARTS) is 2. The lowest BCUT2D eigenvalue weighted by Crippen LogP contribution is -2.70. The van der Waals surface area contributed by atoms with Gasteiger partial charge in [-0.3, -0.25) is 0 Å². The Hall–Kier alpha value is -1.40. The number of rotatable bonds is 2. The third-order valence-corrected chi connectivity index (χ3v) is 13.1. The van der Waals surface area contributed by atoms with Crippen LogP contribution in [0.15, 0.2) is 11.6 Å². The van der Waals surface area contributed by atoms with Crippen LogP contribution >= 0.6 is 0 Å². The van der Waals surface area contributed by atoms with Gasteiger partial charge in [-0.2, -0.15) is 0 Å². The highest BCUT2D eigenvalue weighted by Gasteiger charge is 2.70. The van der Waals surface area contributed by atoms with Gasteiger partial charge in [0.25, 0.3) is 0 Å². The minimum absolute atomic E-state index is 0.0411. The van der Waals surface area contributed by atoms with Crippen molar-refractivity contribution >= 4 is 11.9 Å². The van der Waals surface area contributed by atoms with Crippen LogP contribution in [-0.4, -0.2) is 34.4 Å². The van der Waals surface area contributed by atoms with E-state index < -0.39 is 40.4 Å². The van der Waals surface area contributed by atoms with Crippen LogP contribution in [0.4, 0.5) is 0 Å². The minimum Gasteiger partial charge on any atom is -0.550 e. The zero-order valence-electron chi connectivity index (χ0n) is 22.9. The molecule has 0 amide bonds. The van der Waals surface area contributed by atoms with Crippen LogP contribution in [0, 0.1) is 50.2 Å². The monoisotopic (exact) mass is 500 g/mol. The molecule has 0 radical (unpaired) electrons. The van der Waals surface area contributed by atoms with Crippen LogP contribution in [-0.2, 0) is 9.59 Å². The summed E-state index contributed by atoms with van der Waals surface area (Å²) in [7, 11) is 0. The van der Waals surface area contributed by atoms with E-state index >= 15 is 0 Å². The summed E-state index contributed by atoms with van der Waals surface area (Å²) in [5, 5.41) is 46.8. The molecule has 0 aliphatic heterocycles. The van der Waals surface area contributed by atoms with E-state index in [-0.39, 0.29) is 34.0 Å². The van der Waals surface area contributed by atoms with Gasteiger partial charge in [-0.15, -0.1) is 0 Å². The summed E-state index contributed by atoms with van der Waals surface area (Å²) in [5.74, 6) is -2.41. The van der Waals surface area contributed by atoms with Gasteiger partial charge in [-0.25, -0.2) is 0 Å². The topological polar surface area (TPSA) is 121 Å². The summed E-state index contributed by atoms with van der Waals surface area (Å²) in [6.45, 7) is 12.8. The SMILES string of the molecule is CC1(C)CC[C@]2(C(=O)[O-])CC[C@]3(C)C(=CC[C@@H]4[C@@]5(C)C[C@H](O)[C@H](O)[C@@](C)(C(=O)[O-])[C@@H]5CC[C@]43C)[C@@H]2C1. The van der Waals surface area contributed by atoms with Crippen molar-refractivity contribution in [2.45, 2.75) is 112 Å². The smallest absolute Gasteiger partial charge is 0.0907 e. The number of hydrogen-bond acceptors (Lipinski definition) is 6. The standard InChI is InChI=1S/C30H46O6/c1-25(2)11-13-30(24(35)36)14-12-27(4)17(18(30)15-25)7-8-20-26(3)16-19(31)22(32)29(6,23(33)34)21(26)9-10-28(20,27)5/h7,18-22,31-32H,8-16H2,1-6H3,(H,33,34)(H,35,36)/p-2/t18-,19-,20+,21+,22-,26+,27+,28+,29-,30-/m0/s1. The van der Waals surface area contributed by atoms with Crippen molar-refractivity contribution in [3.8, 4) is 0 Å². The first-order chi connectivity index (χ1) is 16.5. The fraction of sp³-hybridized carbons (Fsp3) is 0.867. The Bertz CT molecular complexity index is 1020. The Labute approximate surface area is 215 Å². The van der Waals surface area contributed by atoms with E-state index in [4.69, 9.17) is 0 Å². The molecule has 36 heavy (non-hydrogen) atoms. The summed E-state index contributed by atoms with van der Waals surface area (Å²) in [5.41, 5.74) is -1.82. The first-order valence-corrected chi connectivity index (χ1v) is 14.0. The van der Waals surface area contributed by atoms with E-state index in [1.165, 1.54) is 5.57 Å². The van der Waals surface area contributed by atoms with E-state index in [2.05, 4.69) is 40.7 Å². The summed E-state index contributed by atoms with van der Waals surface area (Å²) in [4.78, 5) is 25.1. The number of carboxylic acids is 2. The fourth-order valence-corrected chi connectivity index (χ4v) is 10.7. The van der Waals surface area contributed by atoms with Gasteiger partial charge in [0.05, 0.1) is 18.2 Å². The number of fused-ring (bicyclic) bond motifs is 7. The molecule has 0 saturated heterocycles. The molecule has 5 rings (SSSR count). The Morgan fingerprint density at radius 3 is 2.11 bits per heavy atom. The van der Waals surface area contributed by atoms with Crippen molar-refractivity contribution < 1.29 is 30.0 Å². The van der Waals surface area contributed by atoms with Crippen molar-refractivity contribution in [2.75, 3.05) is 0 Å². The van der Waals surface area contributed by atoms with Crippen LogP contribution in [0.2, 0.25) is 0 Å². The predicted octanol–water partition coefficient (Wildman–Crippen LogP) is 2.60. The van der Waals surface area contributed by atoms with Gasteiger partial charge in [0, 0.05) is 16.8 Å². The zero-order valence-corrected chi connectivity index (χ0v) is 22.9. The van der Waals surface area contributed by atoms with Gasteiger partial charge >= 0.3 is 0 Å². The molecule has 0 bridgehead atoms. The third-order valence-electron chi connectivity index (χ3n) is 13.1. The maximum atomic E-state index is 12.7. The molecule has 4 saturated carbocycles. The van der Waals surface area contributed by atoms with Crippen molar-refractivity contribution in [2.24, 2.45) is 50.2 Å². The molecule has 0 aromatic rings. The molecule has 5 aliphatic rings. The molecule has 5 aliphatic carbocycles. The molecule has 0 aromatic heterocycles. The quantitative estimate of drug-likeness (QED) is 0.562. The molecular formula is C30H44O6-2. The Kier molecular flexibility index (Phi) is 5.53. The number of hydrogen-bond donors (Lipinski definition) is 2. The molecule has 6 nitrogen and oxygen atoms in total. The lowest BCUT2D eigenvalue weighted by atomic mass is 9.33. The van der Waals surface area contributed by atoms with E-state index in [0.29, 0.717) is 25.7 Å². The number of carbonyl (C=O) groups is 2. The number of carbonyl (C=O) groups excluding carboxylic acids is 2. The van der Waals surface area contributed by atoms with E-state index in [1.54, 1.807) is 6.92 Å². The summed E-state index contributed by atoms with van der Waals surface area (Å²) in [6, 6.07) is 0. The number of aliphatic carboxylic acids is 2. The van der Waals surface area contributed by atoms with Crippen molar-refractivity contribution in [1.29, 1.82) is 0 Å². The molecule has 2 N–H and O–H groups in total. The second kappa shape index (κ2) is 7.59. The van der Waals surface area contributed by atoms with Crippen molar-refractivity contribution in [3.63, 3.8) is 0 Å². The molecule has 10 atom stereocenters. The molecule has 0 heterocycles. The van der Waals surface area contributed by atoms with Gasteiger partial charge in [-0.05, 0) is 97.2 Å². The van der Waals surface area contributed by atoms with Crippen LogP contribution in [0.25, 0.3) is 0 Å². The first-order valence-electron chi connectivity index (χ1n) is 14.0. The van der Waals surface area contributed by atoms with Crippen LogP contribution in [0.1, 0.15) is 99.3 Å². The largest absolute Gasteiger partial charge is 0.550 e. The number of aliphatic hydroxyl groups is 2. The molecule has 0 unspecified atom stereocenters. The van der Waals surface area contributed by atoms with Crippen molar-refractivity contribution in [3.05, 3.63) is 11.6 Å². The average molecular weight is 501 g/mol. The van der Waals surface area contributed by atoms with E-state index in [9.17, 15) is 30.0 Å². The third kappa shape index (κ3) is 2.98. The fourth-order valence-electron chi connectivity index (χ4n) is 10.7. The van der Waals surface area contributed by atoms with E-state index in [0.717, 1.165) is 32.1 Å². The van der Waals surface area contributed by atoms with Gasteiger partial charge in [0.2, 0.25) is 0 Å². The first kappa shape index (κ1) is 26.2. The molecule has 6 heteroatoms. The number of allylic oxidation sites excluding steroid dienone is 2. The maximum Gasteiger partial charge on any atom is 0.0907 e. The summed E-state index contributed by atoms with van der Waals surface area (Å²) >= 11 is 0. The summed E-state index contributed by atoms with van der Waals surface area (Å²) < 4.78 is 0. The van der Waals surface area contributed by atoms with Crippen LogP contribution < -0.4 is 10.2 Å². The number of aliphatic hydroxyl groups excluding tert-OH is 2. The van der Waals surface area contributed by atoms with Gasteiger partial charge < -0.3 is 30.0 Å². The second-order valence-electron chi connectivity index (χ2n) is 14.9. The normalized spacial score (nSPS) is 53.7. The lowest BCUT2D eigenvalue weighted by molar-refractivity contribution is -0.340. The Morgan fingerprint density at radius 2 is 1.50 bits per heavy atom. The highest BCUT2D eigenvalue weighted by atomic mass is 16.4. The predicted molar refractivity (Wildman–Crippen MR) is 131 cm³/mol. The molecule has 202 valence electrons. The Morgan fingerprint density at radius 1 is 0.861 bits per heavy atom. The van der Waals surface area contributed by atoms with Gasteiger partial charge in [-0.1, -0.05) is 53.2 Å². The molecule has 0 aromatic carbocycles. The molecule has 4 fully saturated rings. The van der Waals surface area contributed by atoms with Gasteiger partial charge in [0.1, 0.15) is 0 Å². The van der Waals surface area contributed by atoms with Crippen molar-refractivity contribution in [1.82, 2.24) is 0 Å². The molecular weight excluding hydrogens is 456 g/mol. The Balaban J connectivity index is 1.62. The van der Waals surface area contributed by atoms with Crippen LogP contribution in [0.5, 0.6) is 0 Å². The second-order valence-corrected chi connectivity index (χ2v) is 14.9. The lowest BCUT2D eigenvalue weighted by Gasteiger charge is -2.72. The minimum atomic E-state index is -1.51. The molecule has 0 spiro atoms. The summed E-state index contributed by atoms with van der Waals surface area (Å²) in [6.07, 6.45) is 6.18. The van der Waals surface area contributed by atoms with Gasteiger partial charge in [0.15, 0.2) is 0 Å². The highest BCUT2D eigenvalue weighted by molar-refractivity contribution is 5.75. The maximum absolute atomic E-state index is 12.7. The highest BCUT2D eigenvalue weighted by Crippen LogP contribution is 2.75. The van der Waals surface area contributed by atoms with E-state index in [1.807, 2.05) is 0 Å².